The fraction of sp³-hybridized carbons (Fsp3) is 0.424. The van der Waals surface area contributed by atoms with E-state index in [1.165, 1.54) is 6.07 Å². The predicted molar refractivity (Wildman–Crippen MR) is 162 cm³/mol. The Balaban J connectivity index is 1.32. The van der Waals surface area contributed by atoms with Crippen LogP contribution in [-0.2, 0) is 36.4 Å². The normalized spacial score (nSPS) is 19.8. The first-order chi connectivity index (χ1) is 22.4. The Morgan fingerprint density at radius 1 is 0.771 bits per heavy atom. The summed E-state index contributed by atoms with van der Waals surface area (Å²) in [5.74, 6) is -0.206. The van der Waals surface area contributed by atoms with Gasteiger partial charge < -0.3 is 9.80 Å². The molecule has 0 N–H and O–H groups in total. The van der Waals surface area contributed by atoms with Crippen LogP contribution in [0.15, 0.2) is 66.7 Å². The highest BCUT2D eigenvalue weighted by molar-refractivity contribution is 6.30. The van der Waals surface area contributed by atoms with E-state index < -0.39 is 41.3 Å². The summed E-state index contributed by atoms with van der Waals surface area (Å²) in [4.78, 5) is 21.0. The Hall–Kier alpha value is -3.49. The maximum atomic E-state index is 13.9. The summed E-state index contributed by atoms with van der Waals surface area (Å²) < 4.78 is 121. The number of benzene rings is 3. The number of piperazine rings is 1. The molecule has 2 saturated heterocycles. The number of carbonyl (C=O) groups is 1. The van der Waals surface area contributed by atoms with Gasteiger partial charge in [0, 0.05) is 62.6 Å². The second-order valence-corrected chi connectivity index (χ2v) is 12.6. The Labute approximate surface area is 276 Å². The van der Waals surface area contributed by atoms with Crippen molar-refractivity contribution in [1.29, 1.82) is 0 Å². The highest BCUT2D eigenvalue weighted by atomic mass is 35.5. The van der Waals surface area contributed by atoms with Crippen molar-refractivity contribution in [2.45, 2.75) is 50.1 Å². The third-order valence-electron chi connectivity index (χ3n) is 8.80. The minimum Gasteiger partial charge on any atom is -0.368 e. The number of hydrogen-bond donors (Lipinski definition) is 0. The molecule has 2 heterocycles. The number of halogens is 10. The average molecular weight is 707 g/mol. The second kappa shape index (κ2) is 13.8. The molecule has 2 atom stereocenters. The summed E-state index contributed by atoms with van der Waals surface area (Å²) in [5, 5.41) is 0.517. The minimum atomic E-state index is -4.97. The number of amides is 1. The van der Waals surface area contributed by atoms with Crippen LogP contribution < -0.4 is 4.90 Å². The quantitative estimate of drug-likeness (QED) is 0.235. The molecule has 5 nitrogen and oxygen atoms in total. The fourth-order valence-electron chi connectivity index (χ4n) is 6.26. The Morgan fingerprint density at radius 3 is 1.92 bits per heavy atom. The lowest BCUT2D eigenvalue weighted by molar-refractivity contribution is -0.143. The molecule has 3 aromatic rings. The summed E-state index contributed by atoms with van der Waals surface area (Å²) in [6.07, 6.45) is -14.2. The van der Waals surface area contributed by atoms with Crippen molar-refractivity contribution >= 4 is 23.2 Å². The molecular formula is C33H32ClF9N4O. The standard InChI is InChI=1S/C33H32ClF9N4O/c1-44(18-22-13-24(32(38,39)40)15-25(14-22)33(41,42)43)28-17-29(47(20-28)19-21-5-7-26(34)8-6-21)30(48)46-11-9-45(10-12-46)27-4-2-3-23(16-27)31(35,36)37/h2-8,13-16,28-29H,9-12,17-20H2,1H3/t28-,29-/m0/s1. The molecule has 0 aliphatic carbocycles. The van der Waals surface area contributed by atoms with Crippen LogP contribution in [0.2, 0.25) is 5.02 Å². The van der Waals surface area contributed by atoms with Crippen molar-refractivity contribution < 1.29 is 44.3 Å². The van der Waals surface area contributed by atoms with Gasteiger partial charge in [-0.2, -0.15) is 39.5 Å². The topological polar surface area (TPSA) is 30.0 Å². The van der Waals surface area contributed by atoms with Crippen molar-refractivity contribution in [2.24, 2.45) is 0 Å². The van der Waals surface area contributed by atoms with Gasteiger partial charge in [0.25, 0.3) is 0 Å². The van der Waals surface area contributed by atoms with Crippen LogP contribution in [0.1, 0.15) is 34.2 Å². The van der Waals surface area contributed by atoms with E-state index in [2.05, 4.69) is 0 Å². The molecule has 2 fully saturated rings. The number of nitrogens with zero attached hydrogens (tertiary/aromatic N) is 4. The van der Waals surface area contributed by atoms with Gasteiger partial charge in [0.15, 0.2) is 0 Å². The lowest BCUT2D eigenvalue weighted by Crippen LogP contribution is -2.53. The van der Waals surface area contributed by atoms with Gasteiger partial charge in [-0.1, -0.05) is 29.8 Å². The van der Waals surface area contributed by atoms with Crippen molar-refractivity contribution in [3.63, 3.8) is 0 Å². The fourth-order valence-corrected chi connectivity index (χ4v) is 6.38. The first-order valence-corrected chi connectivity index (χ1v) is 15.4. The summed E-state index contributed by atoms with van der Waals surface area (Å²) in [7, 11) is 1.60. The molecule has 0 bridgehead atoms. The molecular weight excluding hydrogens is 675 g/mol. The van der Waals surface area contributed by atoms with Crippen LogP contribution >= 0.6 is 11.6 Å². The van der Waals surface area contributed by atoms with Crippen LogP contribution in [-0.4, -0.2) is 72.5 Å². The van der Waals surface area contributed by atoms with Gasteiger partial charge in [-0.3, -0.25) is 14.6 Å². The number of anilines is 1. The second-order valence-electron chi connectivity index (χ2n) is 12.2. The van der Waals surface area contributed by atoms with E-state index in [0.29, 0.717) is 49.0 Å². The monoisotopic (exact) mass is 706 g/mol. The van der Waals surface area contributed by atoms with Gasteiger partial charge in [0.05, 0.1) is 22.7 Å². The third kappa shape index (κ3) is 8.56. The lowest BCUT2D eigenvalue weighted by atomic mass is 10.0. The van der Waals surface area contributed by atoms with E-state index in [-0.39, 0.29) is 49.6 Å². The van der Waals surface area contributed by atoms with Gasteiger partial charge >= 0.3 is 18.5 Å². The number of likely N-dealkylation sites (tertiary alicyclic amines) is 1. The Morgan fingerprint density at radius 2 is 1.35 bits per heavy atom. The number of alkyl halides is 9. The molecule has 0 saturated carbocycles. The molecule has 0 aromatic heterocycles. The van der Waals surface area contributed by atoms with Crippen molar-refractivity contribution in [3.05, 3.63) is 99.6 Å². The molecule has 48 heavy (non-hydrogen) atoms. The lowest BCUT2D eigenvalue weighted by Gasteiger charge is -2.38. The summed E-state index contributed by atoms with van der Waals surface area (Å²) >= 11 is 6.03. The van der Waals surface area contributed by atoms with Crippen LogP contribution in [0.25, 0.3) is 0 Å². The van der Waals surface area contributed by atoms with E-state index in [1.54, 1.807) is 52.1 Å². The number of rotatable bonds is 7. The summed E-state index contributed by atoms with van der Waals surface area (Å²) in [6.45, 7) is 1.54. The van der Waals surface area contributed by atoms with E-state index >= 15 is 0 Å². The van der Waals surface area contributed by atoms with Crippen LogP contribution in [0, 0.1) is 0 Å². The van der Waals surface area contributed by atoms with Gasteiger partial charge in [-0.15, -0.1) is 0 Å². The predicted octanol–water partition coefficient (Wildman–Crippen LogP) is 7.82. The molecule has 260 valence electrons. The maximum Gasteiger partial charge on any atom is 0.416 e. The van der Waals surface area contributed by atoms with Crippen LogP contribution in [0.5, 0.6) is 0 Å². The smallest absolute Gasteiger partial charge is 0.368 e. The van der Waals surface area contributed by atoms with Crippen molar-refractivity contribution in [1.82, 2.24) is 14.7 Å². The molecule has 3 aromatic carbocycles. The Kier molecular flexibility index (Phi) is 10.3. The molecule has 2 aliphatic rings. The average Bonchev–Trinajstić information content (AvgIpc) is 3.44. The molecule has 5 rings (SSSR count). The zero-order chi connectivity index (χ0) is 35.0. The van der Waals surface area contributed by atoms with Gasteiger partial charge in [-0.25, -0.2) is 0 Å². The van der Waals surface area contributed by atoms with Crippen molar-refractivity contribution in [2.75, 3.05) is 44.7 Å². The van der Waals surface area contributed by atoms with E-state index in [0.717, 1.165) is 17.7 Å². The molecule has 0 radical (unpaired) electrons. The Bertz CT molecular complexity index is 1550. The highest BCUT2D eigenvalue weighted by Crippen LogP contribution is 2.37. The first-order valence-electron chi connectivity index (χ1n) is 15.1. The minimum absolute atomic E-state index is 0.0917. The van der Waals surface area contributed by atoms with Crippen LogP contribution in [0.3, 0.4) is 0 Å². The molecule has 15 heteroatoms. The van der Waals surface area contributed by atoms with Gasteiger partial charge in [-0.05, 0) is 73.1 Å². The van der Waals surface area contributed by atoms with E-state index in [4.69, 9.17) is 11.6 Å². The SMILES string of the molecule is CN(Cc1cc(C(F)(F)F)cc(C(F)(F)F)c1)[C@H]1C[C@@H](C(=O)N2CCN(c3cccc(C(F)(F)F)c3)CC2)N(Cc2ccc(Cl)cc2)C1. The largest absolute Gasteiger partial charge is 0.416 e. The number of hydrogen-bond acceptors (Lipinski definition) is 4. The summed E-state index contributed by atoms with van der Waals surface area (Å²) in [5.41, 5.74) is -2.47. The zero-order valence-electron chi connectivity index (χ0n) is 25.6. The number of likely N-dealkylation sites (N-methyl/N-ethyl adjacent to an activating group) is 1. The molecule has 0 spiro atoms. The van der Waals surface area contributed by atoms with Gasteiger partial charge in [0.1, 0.15) is 0 Å². The molecule has 0 unspecified atom stereocenters. The van der Waals surface area contributed by atoms with Crippen LogP contribution in [0.4, 0.5) is 45.2 Å². The maximum absolute atomic E-state index is 13.9. The summed E-state index contributed by atoms with van der Waals surface area (Å²) in [6, 6.07) is 12.5. The molecule has 1 amide bonds. The molecule has 2 aliphatic heterocycles. The third-order valence-corrected chi connectivity index (χ3v) is 9.05. The highest BCUT2D eigenvalue weighted by Gasteiger charge is 2.42. The zero-order valence-corrected chi connectivity index (χ0v) is 26.4. The van der Waals surface area contributed by atoms with E-state index in [1.807, 2.05) is 4.90 Å². The van der Waals surface area contributed by atoms with Crippen molar-refractivity contribution in [3.8, 4) is 0 Å². The first kappa shape index (κ1) is 35.8. The number of carbonyl (C=O) groups excluding carboxylic acids is 1. The van der Waals surface area contributed by atoms with Gasteiger partial charge in [0.2, 0.25) is 5.91 Å². The van der Waals surface area contributed by atoms with E-state index in [9.17, 15) is 44.3 Å².